The average Bonchev–Trinajstić information content (AvgIpc) is 3.54. The number of nitrogens with one attached hydrogen (secondary N) is 1. The first-order chi connectivity index (χ1) is 15.8. The number of aromatic nitrogens is 3. The van der Waals surface area contributed by atoms with Gasteiger partial charge in [0.05, 0.1) is 18.3 Å². The van der Waals surface area contributed by atoms with Crippen LogP contribution in [-0.4, -0.2) is 32.8 Å². The molecule has 0 saturated heterocycles. The maximum Gasteiger partial charge on any atom is 0.573 e. The van der Waals surface area contributed by atoms with Gasteiger partial charge < -0.3 is 14.6 Å². The molecular weight excluding hydrogens is 453 g/mol. The number of ether oxygens (including phenoxy) is 1. The van der Waals surface area contributed by atoms with Gasteiger partial charge in [0.15, 0.2) is 5.16 Å². The molecule has 1 amide bonds. The highest BCUT2D eigenvalue weighted by atomic mass is 32.2. The van der Waals surface area contributed by atoms with Crippen molar-refractivity contribution in [3.05, 3.63) is 71.5 Å². The van der Waals surface area contributed by atoms with E-state index in [-0.39, 0.29) is 23.5 Å². The van der Waals surface area contributed by atoms with Crippen LogP contribution < -0.4 is 10.1 Å². The van der Waals surface area contributed by atoms with Crippen molar-refractivity contribution >= 4 is 17.7 Å². The predicted molar refractivity (Wildman–Crippen MR) is 118 cm³/mol. The lowest BCUT2D eigenvalue weighted by atomic mass is 10.1. The van der Waals surface area contributed by atoms with Crippen LogP contribution in [0.2, 0.25) is 0 Å². The molecule has 1 saturated carbocycles. The van der Waals surface area contributed by atoms with Crippen LogP contribution in [0.25, 0.3) is 0 Å². The van der Waals surface area contributed by atoms with Gasteiger partial charge in [0.25, 0.3) is 0 Å². The lowest BCUT2D eigenvalue weighted by Crippen LogP contribution is -2.28. The Hall–Kier alpha value is -3.01. The quantitative estimate of drug-likeness (QED) is 0.437. The fraction of sp³-hybridized carbons (Fsp3) is 0.348. The summed E-state index contributed by atoms with van der Waals surface area (Å²) < 4.78 is 42.9. The molecule has 0 radical (unpaired) electrons. The van der Waals surface area contributed by atoms with Gasteiger partial charge in [-0.05, 0) is 43.0 Å². The monoisotopic (exact) mass is 476 g/mol. The summed E-state index contributed by atoms with van der Waals surface area (Å²) in [5.74, 6) is 1.02. The third-order valence-electron chi connectivity index (χ3n) is 5.20. The Morgan fingerprint density at radius 3 is 2.48 bits per heavy atom. The molecule has 1 unspecified atom stereocenters. The van der Waals surface area contributed by atoms with Crippen molar-refractivity contribution in [1.82, 2.24) is 20.1 Å². The normalized spacial score (nSPS) is 14.7. The smallest absolute Gasteiger partial charge is 0.406 e. The number of thioether (sulfide) groups is 1. The number of carbonyl (C=O) groups excluding carboxylic acids is 1. The van der Waals surface area contributed by atoms with E-state index >= 15 is 0 Å². The first kappa shape index (κ1) is 23.2. The van der Waals surface area contributed by atoms with Crippen LogP contribution in [0.15, 0.2) is 59.8 Å². The van der Waals surface area contributed by atoms with Gasteiger partial charge in [-0.1, -0.05) is 54.2 Å². The number of carbonyl (C=O) groups is 1. The second-order valence-corrected chi connectivity index (χ2v) is 8.82. The van der Waals surface area contributed by atoms with Crippen LogP contribution in [0.5, 0.6) is 5.75 Å². The molecule has 1 aliphatic carbocycles. The molecule has 1 fully saturated rings. The molecule has 1 aromatic heterocycles. The lowest BCUT2D eigenvalue weighted by molar-refractivity contribution is -0.274. The fourth-order valence-corrected chi connectivity index (χ4v) is 4.18. The molecule has 10 heteroatoms. The van der Waals surface area contributed by atoms with E-state index < -0.39 is 6.36 Å². The third kappa shape index (κ3) is 6.50. The molecule has 4 rings (SSSR count). The third-order valence-corrected chi connectivity index (χ3v) is 6.16. The van der Waals surface area contributed by atoms with Crippen LogP contribution in [0.1, 0.15) is 48.7 Å². The number of hydrogen-bond donors (Lipinski definition) is 1. The molecule has 1 heterocycles. The van der Waals surface area contributed by atoms with Gasteiger partial charge in [0.1, 0.15) is 11.6 Å². The molecule has 174 valence electrons. The molecule has 6 nitrogen and oxygen atoms in total. The van der Waals surface area contributed by atoms with Gasteiger partial charge in [-0.2, -0.15) is 0 Å². The summed E-state index contributed by atoms with van der Waals surface area (Å²) in [5.41, 5.74) is 1.81. The number of rotatable bonds is 9. The number of nitrogens with zero attached hydrogens (tertiary/aromatic N) is 3. The van der Waals surface area contributed by atoms with Crippen molar-refractivity contribution in [2.45, 2.75) is 49.8 Å². The van der Waals surface area contributed by atoms with E-state index in [0.29, 0.717) is 23.2 Å². The van der Waals surface area contributed by atoms with E-state index in [9.17, 15) is 18.0 Å². The van der Waals surface area contributed by atoms with Crippen molar-refractivity contribution in [3.63, 3.8) is 0 Å². The van der Waals surface area contributed by atoms with Crippen LogP contribution in [0, 0.1) is 0 Å². The second kappa shape index (κ2) is 9.86. The summed E-state index contributed by atoms with van der Waals surface area (Å²) in [7, 11) is 0. The maximum atomic E-state index is 12.5. The van der Waals surface area contributed by atoms with Crippen LogP contribution in [0.4, 0.5) is 13.2 Å². The molecule has 0 spiro atoms. The van der Waals surface area contributed by atoms with Gasteiger partial charge in [-0.3, -0.25) is 4.79 Å². The van der Waals surface area contributed by atoms with E-state index in [1.54, 1.807) is 6.92 Å². The zero-order valence-corrected chi connectivity index (χ0v) is 18.7. The summed E-state index contributed by atoms with van der Waals surface area (Å²) in [5, 5.41) is 12.2. The predicted octanol–water partition coefficient (Wildman–Crippen LogP) is 5.07. The molecule has 0 bridgehead atoms. The lowest BCUT2D eigenvalue weighted by Gasteiger charge is -2.15. The average molecular weight is 477 g/mol. The first-order valence-corrected chi connectivity index (χ1v) is 11.5. The van der Waals surface area contributed by atoms with Crippen molar-refractivity contribution in [3.8, 4) is 5.75 Å². The van der Waals surface area contributed by atoms with Gasteiger partial charge >= 0.3 is 6.36 Å². The molecule has 0 aliphatic heterocycles. The number of halogens is 3. The number of hydrogen-bond acceptors (Lipinski definition) is 5. The maximum absolute atomic E-state index is 12.5. The number of alkyl halides is 3. The molecule has 1 aliphatic rings. The number of benzene rings is 2. The van der Waals surface area contributed by atoms with Crippen LogP contribution in [-0.2, 0) is 11.3 Å². The highest BCUT2D eigenvalue weighted by Crippen LogP contribution is 2.40. The van der Waals surface area contributed by atoms with Gasteiger partial charge in [0, 0.05) is 5.92 Å². The minimum Gasteiger partial charge on any atom is -0.406 e. The largest absolute Gasteiger partial charge is 0.573 e. The van der Waals surface area contributed by atoms with Crippen molar-refractivity contribution in [1.29, 1.82) is 0 Å². The Balaban J connectivity index is 1.35. The van der Waals surface area contributed by atoms with Crippen LogP contribution >= 0.6 is 11.8 Å². The standard InChI is InChI=1S/C23H23F3N4O2S/c1-15(17-9-11-19(12-10-17)32-23(24,25)26)27-20(31)14-33-22-29-28-21(18-7-8-18)30(22)13-16-5-3-2-4-6-16/h2-6,9-12,15,18H,7-8,13-14H2,1H3,(H,27,31). The Morgan fingerprint density at radius 2 is 1.85 bits per heavy atom. The Morgan fingerprint density at radius 1 is 1.15 bits per heavy atom. The van der Waals surface area contributed by atoms with Gasteiger partial charge in [-0.25, -0.2) is 0 Å². The van der Waals surface area contributed by atoms with Gasteiger partial charge in [-0.15, -0.1) is 23.4 Å². The zero-order valence-electron chi connectivity index (χ0n) is 17.9. The Labute approximate surface area is 193 Å². The summed E-state index contributed by atoms with van der Waals surface area (Å²) in [6, 6.07) is 15.1. The Kier molecular flexibility index (Phi) is 6.92. The van der Waals surface area contributed by atoms with Gasteiger partial charge in [0.2, 0.25) is 5.91 Å². The van der Waals surface area contributed by atoms with Crippen molar-refractivity contribution in [2.75, 3.05) is 5.75 Å². The molecule has 2 aromatic carbocycles. The highest BCUT2D eigenvalue weighted by molar-refractivity contribution is 7.99. The first-order valence-electron chi connectivity index (χ1n) is 10.5. The molecule has 1 atom stereocenters. The minimum atomic E-state index is -4.74. The molecule has 33 heavy (non-hydrogen) atoms. The zero-order chi connectivity index (χ0) is 23.4. The molecule has 3 aromatic rings. The molecule has 1 N–H and O–H groups in total. The van der Waals surface area contributed by atoms with E-state index in [0.717, 1.165) is 24.2 Å². The number of amides is 1. The topological polar surface area (TPSA) is 69.0 Å². The van der Waals surface area contributed by atoms with Crippen LogP contribution in [0.3, 0.4) is 0 Å². The van der Waals surface area contributed by atoms with Crippen molar-refractivity contribution < 1.29 is 22.7 Å². The van der Waals surface area contributed by atoms with E-state index in [1.807, 2.05) is 30.3 Å². The molecular formula is C23H23F3N4O2S. The Bertz CT molecular complexity index is 1080. The summed E-state index contributed by atoms with van der Waals surface area (Å²) in [4.78, 5) is 12.5. The van der Waals surface area contributed by atoms with E-state index in [1.165, 1.54) is 36.0 Å². The summed E-state index contributed by atoms with van der Waals surface area (Å²) >= 11 is 1.32. The van der Waals surface area contributed by atoms with E-state index in [4.69, 9.17) is 0 Å². The van der Waals surface area contributed by atoms with Crippen molar-refractivity contribution in [2.24, 2.45) is 0 Å². The minimum absolute atomic E-state index is 0.150. The highest BCUT2D eigenvalue weighted by Gasteiger charge is 2.31. The second-order valence-electron chi connectivity index (χ2n) is 7.88. The fourth-order valence-electron chi connectivity index (χ4n) is 3.42. The summed E-state index contributed by atoms with van der Waals surface area (Å²) in [6.07, 6.45) is -2.54. The SMILES string of the molecule is CC(NC(=O)CSc1nnc(C2CC2)n1Cc1ccccc1)c1ccc(OC(F)(F)F)cc1. The van der Waals surface area contributed by atoms with E-state index in [2.05, 4.69) is 24.8 Å². The summed E-state index contributed by atoms with van der Waals surface area (Å²) in [6.45, 7) is 2.41.